The van der Waals surface area contributed by atoms with Crippen molar-refractivity contribution in [1.82, 2.24) is 15.4 Å². The van der Waals surface area contributed by atoms with Gasteiger partial charge in [0.15, 0.2) is 0 Å². The van der Waals surface area contributed by atoms with Gasteiger partial charge in [-0.2, -0.15) is 5.10 Å². The van der Waals surface area contributed by atoms with Gasteiger partial charge in [-0.1, -0.05) is 17.3 Å². The van der Waals surface area contributed by atoms with Crippen LogP contribution in [0.2, 0.25) is 0 Å². The molecule has 0 radical (unpaired) electrons. The summed E-state index contributed by atoms with van der Waals surface area (Å²) in [5.74, 6) is 0.579. The number of H-pyrrole nitrogens is 1. The summed E-state index contributed by atoms with van der Waals surface area (Å²) >= 11 is 0. The van der Waals surface area contributed by atoms with Crippen molar-refractivity contribution in [1.29, 1.82) is 0 Å². The molecular formula is C16H16N4O2. The van der Waals surface area contributed by atoms with Crippen LogP contribution in [0.15, 0.2) is 41.1 Å². The molecule has 0 saturated heterocycles. The van der Waals surface area contributed by atoms with E-state index in [0.717, 1.165) is 28.2 Å². The molecule has 1 amide bonds. The van der Waals surface area contributed by atoms with E-state index in [1.165, 1.54) is 0 Å². The van der Waals surface area contributed by atoms with Crippen LogP contribution in [0.25, 0.3) is 11.3 Å². The molecule has 22 heavy (non-hydrogen) atoms. The number of carbonyl (C=O) groups excluding carboxylic acids is 1. The molecular weight excluding hydrogens is 280 g/mol. The van der Waals surface area contributed by atoms with Crippen molar-refractivity contribution in [2.24, 2.45) is 0 Å². The van der Waals surface area contributed by atoms with E-state index in [2.05, 4.69) is 20.7 Å². The van der Waals surface area contributed by atoms with Gasteiger partial charge in [0.25, 0.3) is 0 Å². The Kier molecular flexibility index (Phi) is 3.74. The summed E-state index contributed by atoms with van der Waals surface area (Å²) < 4.78 is 5.07. The van der Waals surface area contributed by atoms with Crippen molar-refractivity contribution < 1.29 is 9.32 Å². The second-order valence-corrected chi connectivity index (χ2v) is 5.08. The molecule has 3 aromatic rings. The van der Waals surface area contributed by atoms with E-state index in [-0.39, 0.29) is 12.3 Å². The van der Waals surface area contributed by atoms with Crippen LogP contribution < -0.4 is 5.32 Å². The monoisotopic (exact) mass is 296 g/mol. The first-order valence-corrected chi connectivity index (χ1v) is 6.95. The second kappa shape index (κ2) is 5.85. The number of aryl methyl sites for hydroxylation is 2. The highest BCUT2D eigenvalue weighted by Gasteiger charge is 2.13. The van der Waals surface area contributed by atoms with Crippen LogP contribution in [-0.4, -0.2) is 21.3 Å². The minimum Gasteiger partial charge on any atom is -0.361 e. The maximum Gasteiger partial charge on any atom is 0.228 e. The average molecular weight is 296 g/mol. The van der Waals surface area contributed by atoms with Gasteiger partial charge in [-0.3, -0.25) is 9.89 Å². The van der Waals surface area contributed by atoms with Gasteiger partial charge < -0.3 is 9.84 Å². The predicted molar refractivity (Wildman–Crippen MR) is 82.3 cm³/mol. The van der Waals surface area contributed by atoms with Gasteiger partial charge in [0.05, 0.1) is 17.8 Å². The molecule has 0 aliphatic rings. The summed E-state index contributed by atoms with van der Waals surface area (Å²) in [7, 11) is 0. The minimum absolute atomic E-state index is 0.101. The van der Waals surface area contributed by atoms with Crippen molar-refractivity contribution in [3.05, 3.63) is 53.5 Å². The molecule has 3 rings (SSSR count). The van der Waals surface area contributed by atoms with E-state index in [0.29, 0.717) is 5.76 Å². The lowest BCUT2D eigenvalue weighted by Crippen LogP contribution is -2.15. The largest absolute Gasteiger partial charge is 0.361 e. The third-order valence-corrected chi connectivity index (χ3v) is 3.48. The SMILES string of the molecule is Cc1noc(C)c1CC(=O)Nc1cccc(-c2ccn[nH]2)c1. The Labute approximate surface area is 127 Å². The Hall–Kier alpha value is -2.89. The Morgan fingerprint density at radius 1 is 1.32 bits per heavy atom. The highest BCUT2D eigenvalue weighted by Crippen LogP contribution is 2.21. The average Bonchev–Trinajstić information content (AvgIpc) is 3.13. The maximum atomic E-state index is 12.2. The molecule has 0 spiro atoms. The molecule has 112 valence electrons. The Bertz CT molecular complexity index is 771. The number of nitrogens with zero attached hydrogens (tertiary/aromatic N) is 2. The number of aromatic amines is 1. The fraction of sp³-hybridized carbons (Fsp3) is 0.188. The van der Waals surface area contributed by atoms with Crippen LogP contribution in [0.1, 0.15) is 17.0 Å². The molecule has 0 bridgehead atoms. The molecule has 6 heteroatoms. The van der Waals surface area contributed by atoms with Crippen molar-refractivity contribution in [2.45, 2.75) is 20.3 Å². The quantitative estimate of drug-likeness (QED) is 0.775. The second-order valence-electron chi connectivity index (χ2n) is 5.08. The van der Waals surface area contributed by atoms with Crippen LogP contribution in [0, 0.1) is 13.8 Å². The summed E-state index contributed by atoms with van der Waals surface area (Å²) in [4.78, 5) is 12.2. The van der Waals surface area contributed by atoms with E-state index in [1.807, 2.05) is 44.2 Å². The topological polar surface area (TPSA) is 83.8 Å². The maximum absolute atomic E-state index is 12.2. The van der Waals surface area contributed by atoms with Crippen LogP contribution in [0.3, 0.4) is 0 Å². The summed E-state index contributed by atoms with van der Waals surface area (Å²) in [5.41, 5.74) is 4.19. The van der Waals surface area contributed by atoms with Crippen LogP contribution in [0.4, 0.5) is 5.69 Å². The Morgan fingerprint density at radius 3 is 2.86 bits per heavy atom. The molecule has 0 aliphatic carbocycles. The van der Waals surface area contributed by atoms with Crippen molar-refractivity contribution in [3.8, 4) is 11.3 Å². The molecule has 6 nitrogen and oxygen atoms in total. The zero-order valence-corrected chi connectivity index (χ0v) is 12.4. The number of aromatic nitrogens is 3. The van der Waals surface area contributed by atoms with Crippen molar-refractivity contribution >= 4 is 11.6 Å². The van der Waals surface area contributed by atoms with Gasteiger partial charge in [0, 0.05) is 23.0 Å². The molecule has 1 aromatic carbocycles. The van der Waals surface area contributed by atoms with Gasteiger partial charge in [0.2, 0.25) is 5.91 Å². The van der Waals surface area contributed by atoms with Crippen molar-refractivity contribution in [2.75, 3.05) is 5.32 Å². The number of hydrogen-bond acceptors (Lipinski definition) is 4. The first-order valence-electron chi connectivity index (χ1n) is 6.95. The first-order chi connectivity index (χ1) is 10.6. The Balaban J connectivity index is 1.73. The van der Waals surface area contributed by atoms with E-state index in [1.54, 1.807) is 6.20 Å². The van der Waals surface area contributed by atoms with E-state index < -0.39 is 0 Å². The number of anilines is 1. The lowest BCUT2D eigenvalue weighted by molar-refractivity contribution is -0.115. The summed E-state index contributed by atoms with van der Waals surface area (Å²) in [6.45, 7) is 3.64. The number of carbonyl (C=O) groups is 1. The Morgan fingerprint density at radius 2 is 2.18 bits per heavy atom. The molecule has 0 fully saturated rings. The highest BCUT2D eigenvalue weighted by atomic mass is 16.5. The third-order valence-electron chi connectivity index (χ3n) is 3.48. The molecule has 2 N–H and O–H groups in total. The molecule has 2 heterocycles. The number of amides is 1. The fourth-order valence-electron chi connectivity index (χ4n) is 2.30. The van der Waals surface area contributed by atoms with E-state index in [4.69, 9.17) is 4.52 Å². The van der Waals surface area contributed by atoms with Gasteiger partial charge >= 0.3 is 0 Å². The summed E-state index contributed by atoms with van der Waals surface area (Å²) in [6, 6.07) is 9.48. The number of rotatable bonds is 4. The van der Waals surface area contributed by atoms with E-state index >= 15 is 0 Å². The summed E-state index contributed by atoms with van der Waals surface area (Å²) in [6.07, 6.45) is 1.94. The number of benzene rings is 1. The van der Waals surface area contributed by atoms with Gasteiger partial charge in [-0.25, -0.2) is 0 Å². The smallest absolute Gasteiger partial charge is 0.228 e. The summed E-state index contributed by atoms with van der Waals surface area (Å²) in [5, 5.41) is 13.6. The van der Waals surface area contributed by atoms with Crippen LogP contribution in [-0.2, 0) is 11.2 Å². The fourth-order valence-corrected chi connectivity index (χ4v) is 2.30. The zero-order valence-electron chi connectivity index (χ0n) is 12.4. The zero-order chi connectivity index (χ0) is 15.5. The molecule has 0 atom stereocenters. The molecule has 2 aromatic heterocycles. The van der Waals surface area contributed by atoms with Crippen molar-refractivity contribution in [3.63, 3.8) is 0 Å². The lowest BCUT2D eigenvalue weighted by atomic mass is 10.1. The highest BCUT2D eigenvalue weighted by molar-refractivity contribution is 5.93. The standard InChI is InChI=1S/C16H16N4O2/c1-10-14(11(2)22-20-10)9-16(21)18-13-5-3-4-12(8-13)15-6-7-17-19-15/h3-8H,9H2,1-2H3,(H,17,19)(H,18,21). The van der Waals surface area contributed by atoms with Crippen LogP contribution in [0.5, 0.6) is 0 Å². The van der Waals surface area contributed by atoms with Gasteiger partial charge in [0.1, 0.15) is 5.76 Å². The molecule has 0 saturated carbocycles. The first kappa shape index (κ1) is 14.1. The predicted octanol–water partition coefficient (Wildman–Crippen LogP) is 2.86. The normalized spacial score (nSPS) is 10.6. The van der Waals surface area contributed by atoms with Gasteiger partial charge in [-0.15, -0.1) is 0 Å². The number of hydrogen-bond donors (Lipinski definition) is 2. The lowest BCUT2D eigenvalue weighted by Gasteiger charge is -2.06. The van der Waals surface area contributed by atoms with Gasteiger partial charge in [-0.05, 0) is 32.0 Å². The number of nitrogens with one attached hydrogen (secondary N) is 2. The van der Waals surface area contributed by atoms with E-state index in [9.17, 15) is 4.79 Å². The van der Waals surface area contributed by atoms with Crippen LogP contribution >= 0.6 is 0 Å². The molecule has 0 aliphatic heterocycles. The minimum atomic E-state index is -0.101. The third kappa shape index (κ3) is 2.90. The molecule has 0 unspecified atom stereocenters.